The van der Waals surface area contributed by atoms with Crippen LogP contribution in [0.4, 0.5) is 0 Å². The van der Waals surface area contributed by atoms with Gasteiger partial charge in [-0.2, -0.15) is 0 Å². The van der Waals surface area contributed by atoms with Crippen molar-refractivity contribution in [3.63, 3.8) is 0 Å². The van der Waals surface area contributed by atoms with E-state index in [-0.39, 0.29) is 0 Å². The van der Waals surface area contributed by atoms with E-state index < -0.39 is 0 Å². The Morgan fingerprint density at radius 1 is 0.292 bits per heavy atom. The zero-order valence-corrected chi connectivity index (χ0v) is 26.2. The molecule has 0 aliphatic rings. The Morgan fingerprint density at radius 2 is 0.812 bits per heavy atom. The molecule has 0 unspecified atom stereocenters. The van der Waals surface area contributed by atoms with Crippen LogP contribution in [0.1, 0.15) is 0 Å². The van der Waals surface area contributed by atoms with E-state index in [0.29, 0.717) is 0 Å². The first-order valence-electron chi connectivity index (χ1n) is 16.6. The third-order valence-electron chi connectivity index (χ3n) is 10.1. The second-order valence-corrected chi connectivity index (χ2v) is 12.6. The summed E-state index contributed by atoms with van der Waals surface area (Å²) in [4.78, 5) is 4.71. The van der Waals surface area contributed by atoms with Crippen molar-refractivity contribution in [3.8, 4) is 22.4 Å². The van der Waals surface area contributed by atoms with E-state index in [9.17, 15) is 0 Å². The van der Waals surface area contributed by atoms with Crippen LogP contribution >= 0.6 is 0 Å². The largest absolute Gasteiger partial charge is 0.256 e. The molecule has 222 valence electrons. The van der Waals surface area contributed by atoms with Crippen LogP contribution in [0.5, 0.6) is 0 Å². The molecule has 0 aliphatic heterocycles. The van der Waals surface area contributed by atoms with Gasteiger partial charge in [-0.15, -0.1) is 0 Å². The number of pyridine rings is 1. The number of benzene rings is 8. The number of fused-ring (bicyclic) bond motifs is 8. The van der Waals surface area contributed by atoms with Gasteiger partial charge >= 0.3 is 0 Å². The molecule has 0 saturated carbocycles. The van der Waals surface area contributed by atoms with Crippen LogP contribution in [0.25, 0.3) is 97.8 Å². The molecule has 0 saturated heterocycles. The molecule has 0 fully saturated rings. The molecule has 1 aromatic heterocycles. The molecule has 0 N–H and O–H groups in total. The lowest BCUT2D eigenvalue weighted by Crippen LogP contribution is -1.86. The summed E-state index contributed by atoms with van der Waals surface area (Å²) in [5.74, 6) is 0. The lowest BCUT2D eigenvalue weighted by Gasteiger charge is -2.14. The summed E-state index contributed by atoms with van der Waals surface area (Å²) >= 11 is 0. The van der Waals surface area contributed by atoms with Gasteiger partial charge in [-0.25, -0.2) is 0 Å². The Morgan fingerprint density at radius 3 is 1.54 bits per heavy atom. The minimum Gasteiger partial charge on any atom is -0.256 e. The number of hydrogen-bond donors (Lipinski definition) is 0. The summed E-state index contributed by atoms with van der Waals surface area (Å²) in [5, 5.41) is 18.5. The highest BCUT2D eigenvalue weighted by Crippen LogP contribution is 2.50. The Kier molecular flexibility index (Phi) is 5.94. The zero-order chi connectivity index (χ0) is 31.6. The maximum Gasteiger partial charge on any atom is 0.0708 e. The van der Waals surface area contributed by atoms with Gasteiger partial charge < -0.3 is 0 Å². The third-order valence-corrected chi connectivity index (χ3v) is 10.1. The van der Waals surface area contributed by atoms with Crippen molar-refractivity contribution >= 4 is 75.4 Å². The molecular formula is C47H29N. The highest BCUT2D eigenvalue weighted by molar-refractivity contribution is 6.41. The average Bonchev–Trinajstić information content (AvgIpc) is 3.67. The van der Waals surface area contributed by atoms with Crippen LogP contribution in [-0.4, -0.2) is 4.98 Å². The molecule has 0 bridgehead atoms. The van der Waals surface area contributed by atoms with Gasteiger partial charge in [-0.3, -0.25) is 4.98 Å². The second-order valence-electron chi connectivity index (χ2n) is 12.6. The smallest absolute Gasteiger partial charge is 0.0708 e. The Bertz CT molecular complexity index is 2880. The van der Waals surface area contributed by atoms with Crippen LogP contribution in [0, 0.1) is 0 Å². The summed E-state index contributed by atoms with van der Waals surface area (Å²) in [6.07, 6.45) is 1.88. The first-order valence-corrected chi connectivity index (χ1v) is 16.6. The van der Waals surface area contributed by atoms with Crippen molar-refractivity contribution in [3.05, 3.63) is 176 Å². The first kappa shape index (κ1) is 26.9. The lowest BCUT2D eigenvalue weighted by atomic mass is 9.89. The summed E-state index contributed by atoms with van der Waals surface area (Å²) in [6, 6.07) is 61.1. The summed E-state index contributed by atoms with van der Waals surface area (Å²) in [7, 11) is 0. The summed E-state index contributed by atoms with van der Waals surface area (Å²) in [6.45, 7) is 0. The van der Waals surface area contributed by atoms with Crippen molar-refractivity contribution in [1.82, 2.24) is 4.98 Å². The Labute approximate surface area is 278 Å². The van der Waals surface area contributed by atoms with Crippen molar-refractivity contribution in [2.45, 2.75) is 0 Å². The van der Waals surface area contributed by atoms with Gasteiger partial charge in [-0.1, -0.05) is 146 Å². The van der Waals surface area contributed by atoms with E-state index in [4.69, 9.17) is 4.98 Å². The number of nitrogens with zero attached hydrogens (tertiary/aromatic N) is 1. The van der Waals surface area contributed by atoms with Crippen LogP contribution in [0.3, 0.4) is 0 Å². The van der Waals surface area contributed by atoms with E-state index in [2.05, 4.69) is 127 Å². The Hall–Kier alpha value is -6.31. The van der Waals surface area contributed by atoms with E-state index in [1.165, 1.54) is 92.1 Å². The molecule has 0 aliphatic carbocycles. The molecule has 1 heteroatoms. The molecular weight excluding hydrogens is 579 g/mol. The highest BCUT2D eigenvalue weighted by atomic mass is 14.7. The SMILES string of the molecule is c1ccc(-c2c3cc4c5ccccc5c5cccc(c3cc3c6ccc(-c7ccccn7)c7cccc(c23)c76)c54)cc1.c1ccccc1. The number of rotatable bonds is 2. The molecule has 1 nitrogen and oxygen atoms in total. The fraction of sp³-hybridized carbons (Fsp3) is 0. The van der Waals surface area contributed by atoms with Gasteiger partial charge in [0.1, 0.15) is 0 Å². The van der Waals surface area contributed by atoms with Crippen LogP contribution in [0.15, 0.2) is 176 Å². The van der Waals surface area contributed by atoms with Crippen molar-refractivity contribution in [2.75, 3.05) is 0 Å². The molecule has 1 heterocycles. The minimum absolute atomic E-state index is 1.01. The third kappa shape index (κ3) is 3.88. The standard InChI is InChI=1S/C41H23N.C6H6/c1-2-10-24(11-3-1)38-36-23-34-26-13-5-4-12-25(26)28-14-8-16-30(40(28)34)33(36)22-35-31-20-19-27(37-18-6-7-21-42-37)29-15-9-17-32(39(29)31)41(35)38;1-2-4-6-5-3-1/h1-23H;1-6H. The highest BCUT2D eigenvalue weighted by Gasteiger charge is 2.22. The minimum atomic E-state index is 1.01. The normalized spacial score (nSPS) is 11.8. The predicted octanol–water partition coefficient (Wildman–Crippen LogP) is 13.1. The number of aromatic nitrogens is 1. The molecule has 0 amide bonds. The molecule has 0 atom stereocenters. The molecule has 48 heavy (non-hydrogen) atoms. The van der Waals surface area contributed by atoms with Crippen molar-refractivity contribution in [1.29, 1.82) is 0 Å². The fourth-order valence-corrected chi connectivity index (χ4v) is 8.11. The monoisotopic (exact) mass is 607 g/mol. The van der Waals surface area contributed by atoms with Gasteiger partial charge in [-0.05, 0) is 111 Å². The molecule has 10 aromatic carbocycles. The van der Waals surface area contributed by atoms with Crippen molar-refractivity contribution < 1.29 is 0 Å². The maximum atomic E-state index is 4.71. The van der Waals surface area contributed by atoms with E-state index >= 15 is 0 Å². The second kappa shape index (κ2) is 10.6. The van der Waals surface area contributed by atoms with Gasteiger partial charge in [0, 0.05) is 11.8 Å². The van der Waals surface area contributed by atoms with Gasteiger partial charge in [0.15, 0.2) is 0 Å². The van der Waals surface area contributed by atoms with Gasteiger partial charge in [0.25, 0.3) is 0 Å². The molecule has 11 aromatic rings. The van der Waals surface area contributed by atoms with Gasteiger partial charge in [0.2, 0.25) is 0 Å². The lowest BCUT2D eigenvalue weighted by molar-refractivity contribution is 1.33. The van der Waals surface area contributed by atoms with E-state index in [1.807, 2.05) is 48.7 Å². The van der Waals surface area contributed by atoms with Crippen LogP contribution in [0.2, 0.25) is 0 Å². The quantitative estimate of drug-likeness (QED) is 0.178. The molecule has 0 radical (unpaired) electrons. The molecule has 0 spiro atoms. The number of hydrogen-bond acceptors (Lipinski definition) is 1. The Balaban J connectivity index is 0.000000448. The summed E-state index contributed by atoms with van der Waals surface area (Å²) < 4.78 is 0. The van der Waals surface area contributed by atoms with Crippen LogP contribution < -0.4 is 0 Å². The van der Waals surface area contributed by atoms with Crippen LogP contribution in [-0.2, 0) is 0 Å². The van der Waals surface area contributed by atoms with Gasteiger partial charge in [0.05, 0.1) is 5.69 Å². The average molecular weight is 608 g/mol. The van der Waals surface area contributed by atoms with E-state index in [1.54, 1.807) is 0 Å². The topological polar surface area (TPSA) is 12.9 Å². The maximum absolute atomic E-state index is 4.71. The molecule has 11 rings (SSSR count). The summed E-state index contributed by atoms with van der Waals surface area (Å²) in [5.41, 5.74) is 4.76. The predicted molar refractivity (Wildman–Crippen MR) is 206 cm³/mol. The fourth-order valence-electron chi connectivity index (χ4n) is 8.11. The van der Waals surface area contributed by atoms with Crippen molar-refractivity contribution in [2.24, 2.45) is 0 Å². The van der Waals surface area contributed by atoms with E-state index in [0.717, 1.165) is 5.69 Å². The first-order chi connectivity index (χ1) is 23.9. The zero-order valence-electron chi connectivity index (χ0n) is 26.2.